The smallest absolute Gasteiger partial charge is 0.291 e. The largest absolute Gasteiger partial charge is 0.315 e. The van der Waals surface area contributed by atoms with Gasteiger partial charge in [-0.3, -0.25) is 19.3 Å². The Kier molecular flexibility index (Phi) is 5.22. The first-order valence-corrected chi connectivity index (χ1v) is 10.3. The molecule has 1 fully saturated rings. The number of nitrogens with one attached hydrogen (secondary N) is 1. The van der Waals surface area contributed by atoms with Crippen molar-refractivity contribution in [1.29, 1.82) is 0 Å². The molecule has 11 heteroatoms. The maximum atomic E-state index is 13.1. The van der Waals surface area contributed by atoms with Gasteiger partial charge in [0, 0.05) is 19.4 Å². The molecule has 3 heterocycles. The Morgan fingerprint density at radius 3 is 2.80 bits per heavy atom. The van der Waals surface area contributed by atoms with Gasteiger partial charge in [-0.2, -0.15) is 0 Å². The minimum Gasteiger partial charge on any atom is -0.315 e. The lowest BCUT2D eigenvalue weighted by Gasteiger charge is -2.48. The van der Waals surface area contributed by atoms with Crippen molar-refractivity contribution in [2.45, 2.75) is 44.7 Å². The van der Waals surface area contributed by atoms with Crippen molar-refractivity contribution in [3.05, 3.63) is 34.8 Å². The van der Waals surface area contributed by atoms with Crippen molar-refractivity contribution in [2.24, 2.45) is 0 Å². The summed E-state index contributed by atoms with van der Waals surface area (Å²) < 4.78 is 25.1. The van der Waals surface area contributed by atoms with E-state index in [9.17, 15) is 23.2 Å². The van der Waals surface area contributed by atoms with Gasteiger partial charge >= 0.3 is 0 Å². The fraction of sp³-hybridized carbons (Fsp3) is 0.421. The number of carbonyl (C=O) groups is 3. The van der Waals surface area contributed by atoms with Crippen LogP contribution in [0.5, 0.6) is 0 Å². The van der Waals surface area contributed by atoms with E-state index in [2.05, 4.69) is 15.5 Å². The van der Waals surface area contributed by atoms with Crippen molar-refractivity contribution < 1.29 is 23.2 Å². The van der Waals surface area contributed by atoms with E-state index in [1.54, 1.807) is 34.1 Å². The van der Waals surface area contributed by atoms with Gasteiger partial charge in [0.2, 0.25) is 16.9 Å². The lowest BCUT2D eigenvalue weighted by Crippen LogP contribution is -2.62. The highest BCUT2D eigenvalue weighted by Gasteiger charge is 2.52. The summed E-state index contributed by atoms with van der Waals surface area (Å²) in [6.07, 6.45) is -1.46. The van der Waals surface area contributed by atoms with Crippen LogP contribution in [0.2, 0.25) is 0 Å². The number of amides is 3. The third-order valence-electron chi connectivity index (χ3n) is 5.40. The SMILES string of the molecule is CC12CCC(=O)N1c1ccccc1C(=O)N2CCCC(=O)Nc1nnc(C(F)F)s1. The van der Waals surface area contributed by atoms with E-state index < -0.39 is 23.0 Å². The zero-order valence-electron chi connectivity index (χ0n) is 16.1. The number of rotatable bonds is 6. The summed E-state index contributed by atoms with van der Waals surface area (Å²) in [6.45, 7) is 2.14. The summed E-state index contributed by atoms with van der Waals surface area (Å²) in [6, 6.07) is 7.01. The van der Waals surface area contributed by atoms with Crippen molar-refractivity contribution in [1.82, 2.24) is 15.1 Å². The molecule has 0 aliphatic carbocycles. The number of aromatic nitrogens is 2. The van der Waals surface area contributed by atoms with Gasteiger partial charge in [0.25, 0.3) is 12.3 Å². The van der Waals surface area contributed by atoms with E-state index in [0.29, 0.717) is 41.9 Å². The lowest BCUT2D eigenvalue weighted by molar-refractivity contribution is -0.118. The normalized spacial score (nSPS) is 20.5. The molecule has 0 spiro atoms. The minimum absolute atomic E-state index is 0.0119. The summed E-state index contributed by atoms with van der Waals surface area (Å²) in [4.78, 5) is 41.1. The van der Waals surface area contributed by atoms with Crippen molar-refractivity contribution in [2.75, 3.05) is 16.8 Å². The minimum atomic E-state index is -2.74. The molecule has 0 bridgehead atoms. The summed E-state index contributed by atoms with van der Waals surface area (Å²) in [5.74, 6) is -0.613. The highest BCUT2D eigenvalue weighted by Crippen LogP contribution is 2.44. The Hall–Kier alpha value is -2.95. The van der Waals surface area contributed by atoms with Crippen LogP contribution in [0.4, 0.5) is 19.6 Å². The van der Waals surface area contributed by atoms with Gasteiger partial charge in [0.05, 0.1) is 11.3 Å². The molecule has 1 unspecified atom stereocenters. The molecule has 1 aromatic carbocycles. The Morgan fingerprint density at radius 2 is 2.07 bits per heavy atom. The van der Waals surface area contributed by atoms with Crippen molar-refractivity contribution >= 4 is 39.9 Å². The molecule has 2 aliphatic rings. The first-order valence-electron chi connectivity index (χ1n) is 9.47. The molecule has 2 aromatic rings. The third-order valence-corrected chi connectivity index (χ3v) is 6.25. The Labute approximate surface area is 174 Å². The number of nitrogens with zero attached hydrogens (tertiary/aromatic N) is 4. The topological polar surface area (TPSA) is 95.5 Å². The van der Waals surface area contributed by atoms with Crippen LogP contribution in [0.3, 0.4) is 0 Å². The van der Waals surface area contributed by atoms with Crippen LogP contribution in [0, 0.1) is 0 Å². The molecule has 158 valence electrons. The van der Waals surface area contributed by atoms with Crippen molar-refractivity contribution in [3.8, 4) is 0 Å². The van der Waals surface area contributed by atoms with E-state index >= 15 is 0 Å². The van der Waals surface area contributed by atoms with Crippen LogP contribution < -0.4 is 10.2 Å². The maximum Gasteiger partial charge on any atom is 0.291 e. The number of para-hydroxylation sites is 1. The number of anilines is 2. The first-order chi connectivity index (χ1) is 14.3. The van der Waals surface area contributed by atoms with Crippen LogP contribution in [0.25, 0.3) is 0 Å². The average molecular weight is 435 g/mol. The second-order valence-electron chi connectivity index (χ2n) is 7.32. The van der Waals surface area contributed by atoms with E-state index in [4.69, 9.17) is 0 Å². The van der Waals surface area contributed by atoms with Crippen molar-refractivity contribution in [3.63, 3.8) is 0 Å². The molecule has 0 radical (unpaired) electrons. The molecule has 8 nitrogen and oxygen atoms in total. The summed E-state index contributed by atoms with van der Waals surface area (Å²) in [5, 5.41) is 8.85. The molecule has 1 aromatic heterocycles. The highest BCUT2D eigenvalue weighted by molar-refractivity contribution is 7.15. The lowest BCUT2D eigenvalue weighted by atomic mass is 9.98. The van der Waals surface area contributed by atoms with E-state index in [1.165, 1.54) is 0 Å². The fourth-order valence-corrected chi connectivity index (χ4v) is 4.61. The van der Waals surface area contributed by atoms with Gasteiger partial charge in [0.1, 0.15) is 5.66 Å². The Morgan fingerprint density at radius 1 is 1.30 bits per heavy atom. The number of hydrogen-bond donors (Lipinski definition) is 1. The molecule has 30 heavy (non-hydrogen) atoms. The predicted octanol–water partition coefficient (Wildman–Crippen LogP) is 3.19. The number of carbonyl (C=O) groups excluding carboxylic acids is 3. The predicted molar refractivity (Wildman–Crippen MR) is 105 cm³/mol. The number of fused-ring (bicyclic) bond motifs is 3. The van der Waals surface area contributed by atoms with Crippen LogP contribution in [0.1, 0.15) is 54.4 Å². The number of benzene rings is 1. The van der Waals surface area contributed by atoms with Crippen LogP contribution in [-0.2, 0) is 9.59 Å². The first kappa shape index (κ1) is 20.3. The van der Waals surface area contributed by atoms with E-state index in [1.807, 2.05) is 6.92 Å². The van der Waals surface area contributed by atoms with Gasteiger partial charge in [-0.15, -0.1) is 10.2 Å². The molecular formula is C19H19F2N5O3S. The summed E-state index contributed by atoms with van der Waals surface area (Å²) >= 11 is 0.623. The molecule has 0 saturated carbocycles. The zero-order chi connectivity index (χ0) is 21.5. The molecule has 1 N–H and O–H groups in total. The second kappa shape index (κ2) is 7.71. The quantitative estimate of drug-likeness (QED) is 0.752. The summed E-state index contributed by atoms with van der Waals surface area (Å²) in [7, 11) is 0. The molecule has 2 aliphatic heterocycles. The van der Waals surface area contributed by atoms with Gasteiger partial charge in [-0.25, -0.2) is 8.78 Å². The maximum absolute atomic E-state index is 13.1. The second-order valence-corrected chi connectivity index (χ2v) is 8.33. The highest BCUT2D eigenvalue weighted by atomic mass is 32.1. The zero-order valence-corrected chi connectivity index (χ0v) is 16.9. The Bertz CT molecular complexity index is 1010. The van der Waals surface area contributed by atoms with Crippen LogP contribution in [0.15, 0.2) is 24.3 Å². The van der Waals surface area contributed by atoms with Gasteiger partial charge in [-0.1, -0.05) is 23.5 Å². The molecular weight excluding hydrogens is 416 g/mol. The number of alkyl halides is 2. The third kappa shape index (κ3) is 3.42. The van der Waals surface area contributed by atoms with E-state index in [0.717, 1.165) is 0 Å². The average Bonchev–Trinajstić information content (AvgIpc) is 3.29. The number of hydrogen-bond acceptors (Lipinski definition) is 6. The number of halogens is 2. The molecule has 4 rings (SSSR count). The van der Waals surface area contributed by atoms with Gasteiger partial charge in [-0.05, 0) is 31.9 Å². The Balaban J connectivity index is 1.43. The van der Waals surface area contributed by atoms with E-state index in [-0.39, 0.29) is 29.9 Å². The van der Waals surface area contributed by atoms with Gasteiger partial charge in [0.15, 0.2) is 5.01 Å². The fourth-order valence-electron chi connectivity index (χ4n) is 3.99. The molecule has 1 saturated heterocycles. The van der Waals surface area contributed by atoms with Gasteiger partial charge < -0.3 is 10.2 Å². The van der Waals surface area contributed by atoms with Crippen LogP contribution in [-0.4, -0.2) is 45.0 Å². The molecule has 1 atom stereocenters. The standard InChI is InChI=1S/C19H19F2N5O3S/c1-19-9-8-14(28)26(19)12-6-3-2-5-11(12)17(29)25(19)10-4-7-13(27)22-18-24-23-16(30-18)15(20)21/h2-3,5-6,15H,4,7-10H2,1H3,(H,22,24,27). The summed E-state index contributed by atoms with van der Waals surface area (Å²) in [5.41, 5.74) is 0.306. The van der Waals surface area contributed by atoms with Crippen LogP contribution >= 0.6 is 11.3 Å². The monoisotopic (exact) mass is 435 g/mol. The molecule has 3 amide bonds.